The lowest BCUT2D eigenvalue weighted by atomic mass is 9.94. The first-order chi connectivity index (χ1) is 11.5. The number of carbonyl (C=O) groups is 2. The number of rotatable bonds is 3. The summed E-state index contributed by atoms with van der Waals surface area (Å²) < 4.78 is 5.20. The maximum absolute atomic E-state index is 12.3. The van der Waals surface area contributed by atoms with E-state index in [-0.39, 0.29) is 17.2 Å². The number of esters is 1. The van der Waals surface area contributed by atoms with Crippen molar-refractivity contribution < 1.29 is 14.3 Å². The van der Waals surface area contributed by atoms with E-state index >= 15 is 0 Å². The lowest BCUT2D eigenvalue weighted by Gasteiger charge is -2.15. The molecule has 1 aromatic heterocycles. The third-order valence-corrected chi connectivity index (χ3v) is 3.80. The highest BCUT2D eigenvalue weighted by Crippen LogP contribution is 2.37. The van der Waals surface area contributed by atoms with E-state index in [1.165, 1.54) is 13.8 Å². The van der Waals surface area contributed by atoms with Crippen molar-refractivity contribution >= 4 is 34.3 Å². The minimum absolute atomic E-state index is 0.0173. The van der Waals surface area contributed by atoms with Crippen LogP contribution in [0.25, 0.3) is 22.0 Å². The van der Waals surface area contributed by atoms with Gasteiger partial charge in [-0.2, -0.15) is 0 Å². The monoisotopic (exact) mass is 339 g/mol. The van der Waals surface area contributed by atoms with E-state index in [1.807, 2.05) is 30.3 Å². The van der Waals surface area contributed by atoms with Crippen LogP contribution in [0.15, 0.2) is 48.5 Å². The molecule has 0 radical (unpaired) electrons. The molecule has 5 heteroatoms. The highest BCUT2D eigenvalue weighted by Gasteiger charge is 2.22. The summed E-state index contributed by atoms with van der Waals surface area (Å²) >= 11 is 6.14. The fourth-order valence-electron chi connectivity index (χ4n) is 2.65. The third-order valence-electron chi connectivity index (χ3n) is 3.57. The van der Waals surface area contributed by atoms with Crippen LogP contribution < -0.4 is 4.74 Å². The zero-order valence-corrected chi connectivity index (χ0v) is 13.9. The second-order valence-electron chi connectivity index (χ2n) is 5.34. The van der Waals surface area contributed by atoms with Crippen LogP contribution >= 0.6 is 11.6 Å². The van der Waals surface area contributed by atoms with E-state index in [9.17, 15) is 9.59 Å². The van der Waals surface area contributed by atoms with Crippen LogP contribution in [0.3, 0.4) is 0 Å². The molecule has 0 unspecified atom stereocenters. The second-order valence-corrected chi connectivity index (χ2v) is 5.78. The smallest absolute Gasteiger partial charge is 0.309 e. The zero-order valence-electron chi connectivity index (χ0n) is 13.2. The Balaban J connectivity index is 2.47. The average Bonchev–Trinajstić information content (AvgIpc) is 2.54. The number of aromatic nitrogens is 1. The molecule has 0 spiro atoms. The lowest BCUT2D eigenvalue weighted by Crippen LogP contribution is -2.10. The Morgan fingerprint density at radius 2 is 1.75 bits per heavy atom. The van der Waals surface area contributed by atoms with Crippen molar-refractivity contribution in [2.75, 3.05) is 0 Å². The van der Waals surface area contributed by atoms with Gasteiger partial charge in [-0.1, -0.05) is 41.9 Å². The first kappa shape index (κ1) is 16.1. The topological polar surface area (TPSA) is 56.3 Å². The number of benzene rings is 2. The number of pyridine rings is 1. The van der Waals surface area contributed by atoms with Crippen LogP contribution in [0.2, 0.25) is 5.02 Å². The fraction of sp³-hybridized carbons (Fsp3) is 0.105. The van der Waals surface area contributed by atoms with Crippen molar-refractivity contribution in [2.24, 2.45) is 0 Å². The van der Waals surface area contributed by atoms with Gasteiger partial charge in [-0.3, -0.25) is 9.59 Å². The van der Waals surface area contributed by atoms with E-state index in [2.05, 4.69) is 4.98 Å². The van der Waals surface area contributed by atoms with Gasteiger partial charge in [0.05, 0.1) is 11.1 Å². The van der Waals surface area contributed by atoms with E-state index in [0.29, 0.717) is 16.1 Å². The van der Waals surface area contributed by atoms with Gasteiger partial charge in [0.2, 0.25) is 5.88 Å². The van der Waals surface area contributed by atoms with Gasteiger partial charge in [0.15, 0.2) is 5.78 Å². The van der Waals surface area contributed by atoms with Crippen molar-refractivity contribution in [3.05, 3.63) is 59.1 Å². The van der Waals surface area contributed by atoms with Gasteiger partial charge >= 0.3 is 5.97 Å². The van der Waals surface area contributed by atoms with Crippen LogP contribution in [0.1, 0.15) is 24.2 Å². The molecule has 0 N–H and O–H groups in total. The summed E-state index contributed by atoms with van der Waals surface area (Å²) in [6, 6.07) is 14.6. The second kappa shape index (κ2) is 6.42. The average molecular weight is 340 g/mol. The summed E-state index contributed by atoms with van der Waals surface area (Å²) in [7, 11) is 0. The Morgan fingerprint density at radius 3 is 2.38 bits per heavy atom. The Hall–Kier alpha value is -2.72. The number of nitrogens with zero attached hydrogens (tertiary/aromatic N) is 1. The quantitative estimate of drug-likeness (QED) is 0.513. The molecule has 24 heavy (non-hydrogen) atoms. The third kappa shape index (κ3) is 3.01. The Bertz CT molecular complexity index is 952. The molecule has 0 atom stereocenters. The zero-order chi connectivity index (χ0) is 17.3. The molecule has 0 amide bonds. The number of ether oxygens (including phenoxy) is 1. The van der Waals surface area contributed by atoms with Gasteiger partial charge in [0.25, 0.3) is 0 Å². The summed E-state index contributed by atoms with van der Waals surface area (Å²) in [4.78, 5) is 28.1. The van der Waals surface area contributed by atoms with Crippen LogP contribution in [-0.2, 0) is 4.79 Å². The molecular formula is C19H14ClNO3. The highest BCUT2D eigenvalue weighted by atomic mass is 35.5. The van der Waals surface area contributed by atoms with E-state index in [4.69, 9.17) is 16.3 Å². The molecule has 0 saturated carbocycles. The van der Waals surface area contributed by atoms with E-state index in [0.717, 1.165) is 10.9 Å². The molecule has 120 valence electrons. The van der Waals surface area contributed by atoms with E-state index in [1.54, 1.807) is 18.2 Å². The van der Waals surface area contributed by atoms with Crippen molar-refractivity contribution in [1.29, 1.82) is 0 Å². The van der Waals surface area contributed by atoms with Gasteiger partial charge in [-0.25, -0.2) is 4.98 Å². The molecule has 0 fully saturated rings. The van der Waals surface area contributed by atoms with Crippen molar-refractivity contribution in [2.45, 2.75) is 13.8 Å². The Labute approximate surface area is 144 Å². The van der Waals surface area contributed by atoms with Crippen molar-refractivity contribution in [3.63, 3.8) is 0 Å². The number of fused-ring (bicyclic) bond motifs is 1. The molecular weight excluding hydrogens is 326 g/mol. The predicted molar refractivity (Wildman–Crippen MR) is 93.5 cm³/mol. The van der Waals surface area contributed by atoms with Gasteiger partial charge < -0.3 is 4.74 Å². The van der Waals surface area contributed by atoms with Gasteiger partial charge in [-0.15, -0.1) is 0 Å². The van der Waals surface area contributed by atoms with Crippen LogP contribution in [-0.4, -0.2) is 16.7 Å². The maximum atomic E-state index is 12.3. The molecule has 0 saturated heterocycles. The largest absolute Gasteiger partial charge is 0.407 e. The summed E-state index contributed by atoms with van der Waals surface area (Å²) in [6.45, 7) is 2.70. The molecule has 0 aliphatic rings. The number of Topliss-reactive ketones (excluding diaryl/α,β-unsaturated/α-hetero) is 1. The Morgan fingerprint density at radius 1 is 1.04 bits per heavy atom. The van der Waals surface area contributed by atoms with Crippen molar-refractivity contribution in [1.82, 2.24) is 4.98 Å². The lowest BCUT2D eigenvalue weighted by molar-refractivity contribution is -0.132. The van der Waals surface area contributed by atoms with Gasteiger partial charge in [-0.05, 0) is 30.7 Å². The minimum atomic E-state index is -0.530. The molecule has 3 aromatic rings. The predicted octanol–water partition coefficient (Wildman–Crippen LogP) is 4.68. The van der Waals surface area contributed by atoms with Gasteiger partial charge in [0, 0.05) is 22.9 Å². The summed E-state index contributed by atoms with van der Waals surface area (Å²) in [5.41, 5.74) is 2.35. The van der Waals surface area contributed by atoms with Crippen LogP contribution in [0.4, 0.5) is 0 Å². The summed E-state index contributed by atoms with van der Waals surface area (Å²) in [5, 5.41) is 1.27. The number of hydrogen-bond acceptors (Lipinski definition) is 4. The first-order valence-corrected chi connectivity index (χ1v) is 7.73. The fourth-order valence-corrected chi connectivity index (χ4v) is 2.83. The first-order valence-electron chi connectivity index (χ1n) is 7.35. The van der Waals surface area contributed by atoms with Gasteiger partial charge in [0.1, 0.15) is 0 Å². The highest BCUT2D eigenvalue weighted by molar-refractivity contribution is 6.31. The molecule has 0 bridgehead atoms. The van der Waals surface area contributed by atoms with Crippen molar-refractivity contribution in [3.8, 4) is 17.0 Å². The molecule has 3 rings (SSSR count). The van der Waals surface area contributed by atoms with Crippen LogP contribution in [0.5, 0.6) is 5.88 Å². The maximum Gasteiger partial charge on any atom is 0.309 e. The molecule has 1 heterocycles. The van der Waals surface area contributed by atoms with E-state index < -0.39 is 5.97 Å². The SMILES string of the molecule is CC(=O)Oc1nc2ccc(Cl)cc2c(-c2ccccc2)c1C(C)=O. The molecule has 2 aromatic carbocycles. The summed E-state index contributed by atoms with van der Waals surface area (Å²) in [5.74, 6) is -0.750. The minimum Gasteiger partial charge on any atom is -0.407 e. The number of ketones is 1. The number of halogens is 1. The number of carbonyl (C=O) groups excluding carboxylic acids is 2. The Kier molecular flexibility index (Phi) is 4.32. The standard InChI is InChI=1S/C19H14ClNO3/c1-11(22)17-18(13-6-4-3-5-7-13)15-10-14(20)8-9-16(15)21-19(17)24-12(2)23/h3-10H,1-2H3. The molecule has 0 aliphatic carbocycles. The summed E-state index contributed by atoms with van der Waals surface area (Å²) in [6.07, 6.45) is 0. The van der Waals surface area contributed by atoms with Crippen LogP contribution in [0, 0.1) is 0 Å². The molecule has 0 aliphatic heterocycles. The number of hydrogen-bond donors (Lipinski definition) is 0. The normalized spacial score (nSPS) is 10.6. The molecule has 4 nitrogen and oxygen atoms in total.